The molecule has 0 aliphatic rings. The zero-order chi connectivity index (χ0) is 20.4. The molecule has 27 heavy (non-hydrogen) atoms. The Kier molecular flexibility index (Phi) is 8.30. The topological polar surface area (TPSA) is 118 Å². The van der Waals surface area contributed by atoms with E-state index >= 15 is 0 Å². The lowest BCUT2D eigenvalue weighted by Gasteiger charge is -2.25. The number of nitriles is 1. The summed E-state index contributed by atoms with van der Waals surface area (Å²) in [5.41, 5.74) is 5.05. The number of nitrogens with one attached hydrogen (secondary N) is 1. The van der Waals surface area contributed by atoms with Crippen molar-refractivity contribution in [1.82, 2.24) is 4.90 Å². The molecule has 0 spiro atoms. The third-order valence-corrected chi connectivity index (χ3v) is 3.07. The second kappa shape index (κ2) is 10.2. The molecule has 0 aliphatic carbocycles. The quantitative estimate of drug-likeness (QED) is 0.559. The fourth-order valence-corrected chi connectivity index (χ4v) is 1.96. The van der Waals surface area contributed by atoms with Crippen LogP contribution in [0.15, 0.2) is 36.0 Å². The number of carbonyl (C=O) groups excluding carboxylic acids is 2. The van der Waals surface area contributed by atoms with Crippen molar-refractivity contribution < 1.29 is 19.1 Å². The maximum absolute atomic E-state index is 12.4. The molecule has 0 atom stereocenters. The first-order valence-electron chi connectivity index (χ1n) is 8.56. The van der Waals surface area contributed by atoms with E-state index in [0.717, 1.165) is 11.1 Å². The van der Waals surface area contributed by atoms with Crippen molar-refractivity contribution in [3.8, 4) is 11.8 Å². The molecule has 0 saturated heterocycles. The van der Waals surface area contributed by atoms with E-state index in [0.29, 0.717) is 18.0 Å². The van der Waals surface area contributed by atoms with Gasteiger partial charge in [0.2, 0.25) is 0 Å². The highest BCUT2D eigenvalue weighted by Gasteiger charge is 2.22. The molecular weight excluding hydrogens is 348 g/mol. The second-order valence-corrected chi connectivity index (χ2v) is 6.53. The predicted molar refractivity (Wildman–Crippen MR) is 102 cm³/mol. The number of hydrogen-bond donors (Lipinski definition) is 2. The average Bonchev–Trinajstić information content (AvgIpc) is 2.58. The highest BCUT2D eigenvalue weighted by molar-refractivity contribution is 6.06. The summed E-state index contributed by atoms with van der Waals surface area (Å²) in [6.07, 6.45) is 0.458. The summed E-state index contributed by atoms with van der Waals surface area (Å²) >= 11 is 0. The molecule has 0 fully saturated rings. The van der Waals surface area contributed by atoms with E-state index in [1.165, 1.54) is 0 Å². The molecule has 0 bridgehead atoms. The highest BCUT2D eigenvalue weighted by atomic mass is 16.6. The second-order valence-electron chi connectivity index (χ2n) is 6.53. The molecule has 146 valence electrons. The van der Waals surface area contributed by atoms with Gasteiger partial charge in [-0.25, -0.2) is 4.79 Å². The first-order chi connectivity index (χ1) is 12.7. The minimum Gasteiger partial charge on any atom is -0.494 e. The lowest BCUT2D eigenvalue weighted by Crippen LogP contribution is -2.37. The first-order valence-corrected chi connectivity index (χ1v) is 8.56. The van der Waals surface area contributed by atoms with Crippen LogP contribution < -0.4 is 15.8 Å². The fraction of sp³-hybridized carbons (Fsp3) is 0.421. The molecule has 2 amide bonds. The molecule has 0 radical (unpaired) electrons. The van der Waals surface area contributed by atoms with Crippen molar-refractivity contribution in [1.29, 1.82) is 5.26 Å². The van der Waals surface area contributed by atoms with Gasteiger partial charge in [0.05, 0.1) is 6.61 Å². The van der Waals surface area contributed by atoms with Gasteiger partial charge in [-0.2, -0.15) is 5.26 Å². The number of carbonyl (C=O) groups is 2. The Balaban J connectivity index is 2.92. The molecule has 0 aliphatic heterocycles. The van der Waals surface area contributed by atoms with Crippen molar-refractivity contribution >= 4 is 17.7 Å². The van der Waals surface area contributed by atoms with Gasteiger partial charge < -0.3 is 20.5 Å². The predicted octanol–water partition coefficient (Wildman–Crippen LogP) is 2.63. The average molecular weight is 374 g/mol. The van der Waals surface area contributed by atoms with Crippen molar-refractivity contribution in [2.45, 2.75) is 33.3 Å². The van der Waals surface area contributed by atoms with Crippen LogP contribution in [0, 0.1) is 11.3 Å². The smallest absolute Gasteiger partial charge is 0.414 e. The molecular formula is C19H26N4O4. The maximum Gasteiger partial charge on any atom is 0.414 e. The summed E-state index contributed by atoms with van der Waals surface area (Å²) in [4.78, 5) is 25.7. The van der Waals surface area contributed by atoms with Gasteiger partial charge in [0.1, 0.15) is 23.0 Å². The van der Waals surface area contributed by atoms with Crippen LogP contribution in [0.3, 0.4) is 0 Å². The molecule has 1 aromatic carbocycles. The van der Waals surface area contributed by atoms with Gasteiger partial charge >= 0.3 is 6.09 Å². The van der Waals surface area contributed by atoms with Gasteiger partial charge in [-0.3, -0.25) is 9.69 Å². The van der Waals surface area contributed by atoms with E-state index in [1.54, 1.807) is 51.1 Å². The normalized spacial score (nSPS) is 11.3. The Bertz CT molecular complexity index is 715. The van der Waals surface area contributed by atoms with Gasteiger partial charge in [-0.05, 0) is 52.0 Å². The molecule has 1 aromatic rings. The zero-order valence-electron chi connectivity index (χ0n) is 16.1. The Morgan fingerprint density at radius 1 is 1.30 bits per heavy atom. The first kappa shape index (κ1) is 22.0. The number of amides is 2. The van der Waals surface area contributed by atoms with Crippen LogP contribution in [0.5, 0.6) is 5.75 Å². The summed E-state index contributed by atoms with van der Waals surface area (Å²) in [6, 6.07) is 8.52. The molecule has 3 N–H and O–H groups in total. The third kappa shape index (κ3) is 7.79. The molecule has 0 heterocycles. The number of nitrogens with two attached hydrogens (primary N) is 1. The van der Waals surface area contributed by atoms with Crippen LogP contribution in [-0.2, 0) is 9.53 Å². The van der Waals surface area contributed by atoms with Gasteiger partial charge in [-0.15, -0.1) is 0 Å². The van der Waals surface area contributed by atoms with Crippen molar-refractivity contribution in [3.05, 3.63) is 36.0 Å². The molecule has 0 unspecified atom stereocenters. The van der Waals surface area contributed by atoms with Crippen LogP contribution >= 0.6 is 0 Å². The number of hydrogen-bond acceptors (Lipinski definition) is 6. The lowest BCUT2D eigenvalue weighted by atomic mass is 10.2. The Morgan fingerprint density at radius 2 is 1.93 bits per heavy atom. The standard InChI is InChI=1S/C19H26N4O4/c1-5-26-16-8-6-15(7-9-16)22-17(24)14(12-21)13-23(11-10-20)18(25)27-19(2,3)4/h6-9,13H,5,10-11,20H2,1-4H3,(H,22,24)/b14-13-. The molecule has 8 nitrogen and oxygen atoms in total. The van der Waals surface area contributed by atoms with E-state index in [-0.39, 0.29) is 18.7 Å². The van der Waals surface area contributed by atoms with Gasteiger partial charge in [0.15, 0.2) is 0 Å². The van der Waals surface area contributed by atoms with Crippen LogP contribution in [0.1, 0.15) is 27.7 Å². The monoisotopic (exact) mass is 374 g/mol. The maximum atomic E-state index is 12.4. The van der Waals surface area contributed by atoms with Crippen molar-refractivity contribution in [3.63, 3.8) is 0 Å². The van der Waals surface area contributed by atoms with E-state index < -0.39 is 17.6 Å². The van der Waals surface area contributed by atoms with Crippen LogP contribution in [0.2, 0.25) is 0 Å². The molecule has 0 aromatic heterocycles. The van der Waals surface area contributed by atoms with Gasteiger partial charge in [-0.1, -0.05) is 0 Å². The lowest BCUT2D eigenvalue weighted by molar-refractivity contribution is -0.112. The van der Waals surface area contributed by atoms with E-state index in [9.17, 15) is 14.9 Å². The van der Waals surface area contributed by atoms with Crippen molar-refractivity contribution in [2.24, 2.45) is 5.73 Å². The highest BCUT2D eigenvalue weighted by Crippen LogP contribution is 2.17. The number of rotatable bonds is 7. The van der Waals surface area contributed by atoms with Crippen LogP contribution in [-0.4, -0.2) is 42.2 Å². The van der Waals surface area contributed by atoms with Crippen molar-refractivity contribution in [2.75, 3.05) is 25.0 Å². The summed E-state index contributed by atoms with van der Waals surface area (Å²) in [5.74, 6) is 0.0258. The number of anilines is 1. The summed E-state index contributed by atoms with van der Waals surface area (Å²) in [5, 5.41) is 11.9. The van der Waals surface area contributed by atoms with Crippen LogP contribution in [0.25, 0.3) is 0 Å². The molecule has 1 rings (SSSR count). The molecule has 8 heteroatoms. The zero-order valence-corrected chi connectivity index (χ0v) is 16.1. The summed E-state index contributed by atoms with van der Waals surface area (Å²) in [7, 11) is 0. The Hall–Kier alpha value is -3.05. The van der Waals surface area contributed by atoms with E-state index in [1.807, 2.05) is 6.92 Å². The Labute approximate surface area is 159 Å². The minimum atomic E-state index is -0.713. The SMILES string of the molecule is CCOc1ccc(NC(=O)/C(C#N)=C\N(CCN)C(=O)OC(C)(C)C)cc1. The largest absolute Gasteiger partial charge is 0.494 e. The number of benzene rings is 1. The van der Waals surface area contributed by atoms with E-state index in [4.69, 9.17) is 15.2 Å². The third-order valence-electron chi connectivity index (χ3n) is 3.07. The summed E-state index contributed by atoms with van der Waals surface area (Å²) < 4.78 is 10.6. The Morgan fingerprint density at radius 3 is 2.41 bits per heavy atom. The minimum absolute atomic E-state index is 0.108. The number of nitrogens with zero attached hydrogens (tertiary/aromatic N) is 2. The van der Waals surface area contributed by atoms with E-state index in [2.05, 4.69) is 5.32 Å². The van der Waals surface area contributed by atoms with Gasteiger partial charge in [0, 0.05) is 25.0 Å². The fourth-order valence-electron chi connectivity index (χ4n) is 1.96. The number of ether oxygens (including phenoxy) is 2. The van der Waals surface area contributed by atoms with Crippen LogP contribution in [0.4, 0.5) is 10.5 Å². The molecule has 0 saturated carbocycles. The van der Waals surface area contributed by atoms with Gasteiger partial charge in [0.25, 0.3) is 5.91 Å². The summed E-state index contributed by atoms with van der Waals surface area (Å²) in [6.45, 7) is 7.83.